The van der Waals surface area contributed by atoms with Crippen molar-refractivity contribution in [3.05, 3.63) is 58.3 Å². The molecule has 0 saturated heterocycles. The fourth-order valence-electron chi connectivity index (χ4n) is 2.01. The number of carbonyl (C=O) groups excluding carboxylic acids is 1. The lowest BCUT2D eigenvalue weighted by atomic mass is 10.1. The molecule has 22 heavy (non-hydrogen) atoms. The van der Waals surface area contributed by atoms with Gasteiger partial charge in [-0.2, -0.15) is 9.61 Å². The molecular formula is C14H10Cl2N4O2. The second kappa shape index (κ2) is 5.92. The first-order valence-corrected chi connectivity index (χ1v) is 7.04. The Kier molecular flexibility index (Phi) is 3.98. The van der Waals surface area contributed by atoms with Crippen LogP contribution in [0.2, 0.25) is 10.0 Å². The average Bonchev–Trinajstić information content (AvgIpc) is 2.95. The Labute approximate surface area is 135 Å². The molecule has 3 aromatic rings. The Balaban J connectivity index is 1.86. The molecule has 0 fully saturated rings. The van der Waals surface area contributed by atoms with Gasteiger partial charge in [0.05, 0.1) is 6.20 Å². The Hall–Kier alpha value is -2.15. The van der Waals surface area contributed by atoms with Crippen LogP contribution in [0.15, 0.2) is 42.7 Å². The van der Waals surface area contributed by atoms with E-state index in [9.17, 15) is 9.90 Å². The van der Waals surface area contributed by atoms with E-state index in [0.717, 1.165) is 0 Å². The van der Waals surface area contributed by atoms with Crippen LogP contribution in [-0.4, -0.2) is 25.6 Å². The highest BCUT2D eigenvalue weighted by atomic mass is 35.5. The van der Waals surface area contributed by atoms with Gasteiger partial charge < -0.3 is 10.4 Å². The molecule has 1 aromatic carbocycles. The third kappa shape index (κ3) is 2.89. The monoisotopic (exact) mass is 336 g/mol. The SMILES string of the molecule is O=C(Nc1ccnc2ccnn12)C(O)c1cc(Cl)cc(Cl)c1. The van der Waals surface area contributed by atoms with Crippen LogP contribution in [0, 0.1) is 0 Å². The van der Waals surface area contributed by atoms with Crippen LogP contribution in [0.3, 0.4) is 0 Å². The molecule has 8 heteroatoms. The number of hydrogen-bond acceptors (Lipinski definition) is 4. The van der Waals surface area contributed by atoms with Gasteiger partial charge in [-0.3, -0.25) is 4.79 Å². The van der Waals surface area contributed by atoms with Gasteiger partial charge in [-0.15, -0.1) is 0 Å². The van der Waals surface area contributed by atoms with Gasteiger partial charge in [-0.25, -0.2) is 4.98 Å². The highest BCUT2D eigenvalue weighted by Gasteiger charge is 2.19. The molecule has 3 rings (SSSR count). The molecule has 0 bridgehead atoms. The first kappa shape index (κ1) is 14.8. The molecule has 6 nitrogen and oxygen atoms in total. The Morgan fingerprint density at radius 3 is 2.64 bits per heavy atom. The molecule has 0 saturated carbocycles. The third-order valence-corrected chi connectivity index (χ3v) is 3.43. The molecule has 1 amide bonds. The number of benzene rings is 1. The summed E-state index contributed by atoms with van der Waals surface area (Å²) in [6, 6.07) is 7.76. The van der Waals surface area contributed by atoms with Crippen molar-refractivity contribution >= 4 is 40.6 Å². The van der Waals surface area contributed by atoms with Crippen molar-refractivity contribution in [3.8, 4) is 0 Å². The summed E-state index contributed by atoms with van der Waals surface area (Å²) in [6.45, 7) is 0. The molecule has 112 valence electrons. The van der Waals surface area contributed by atoms with Crippen LogP contribution in [0.5, 0.6) is 0 Å². The summed E-state index contributed by atoms with van der Waals surface area (Å²) < 4.78 is 1.45. The van der Waals surface area contributed by atoms with E-state index in [1.807, 2.05) is 0 Å². The quantitative estimate of drug-likeness (QED) is 0.770. The largest absolute Gasteiger partial charge is 0.378 e. The molecule has 2 N–H and O–H groups in total. The number of hydrogen-bond donors (Lipinski definition) is 2. The highest BCUT2D eigenvalue weighted by Crippen LogP contribution is 2.24. The Bertz CT molecular complexity index is 829. The lowest BCUT2D eigenvalue weighted by molar-refractivity contribution is -0.124. The number of rotatable bonds is 3. The van der Waals surface area contributed by atoms with Crippen molar-refractivity contribution in [2.45, 2.75) is 6.10 Å². The van der Waals surface area contributed by atoms with E-state index in [1.165, 1.54) is 28.9 Å². The van der Waals surface area contributed by atoms with Crippen molar-refractivity contribution in [3.63, 3.8) is 0 Å². The van der Waals surface area contributed by atoms with Gasteiger partial charge in [-0.05, 0) is 29.8 Å². The first-order chi connectivity index (χ1) is 10.5. The zero-order chi connectivity index (χ0) is 15.7. The van der Waals surface area contributed by atoms with Crippen molar-refractivity contribution in [1.82, 2.24) is 14.6 Å². The molecule has 0 radical (unpaired) electrons. The number of aliphatic hydroxyl groups excluding tert-OH is 1. The highest BCUT2D eigenvalue weighted by molar-refractivity contribution is 6.34. The van der Waals surface area contributed by atoms with Crippen LogP contribution in [-0.2, 0) is 4.79 Å². The predicted molar refractivity (Wildman–Crippen MR) is 83.0 cm³/mol. The first-order valence-electron chi connectivity index (χ1n) is 6.28. The number of halogens is 2. The number of nitrogens with zero attached hydrogens (tertiary/aromatic N) is 3. The van der Waals surface area contributed by atoms with E-state index < -0.39 is 12.0 Å². The zero-order valence-electron chi connectivity index (χ0n) is 11.1. The van der Waals surface area contributed by atoms with Gasteiger partial charge >= 0.3 is 0 Å². The lowest BCUT2D eigenvalue weighted by Crippen LogP contribution is -2.22. The minimum Gasteiger partial charge on any atom is -0.378 e. The van der Waals surface area contributed by atoms with Crippen LogP contribution in [0.4, 0.5) is 5.82 Å². The van der Waals surface area contributed by atoms with E-state index in [4.69, 9.17) is 23.2 Å². The van der Waals surface area contributed by atoms with Crippen LogP contribution < -0.4 is 5.32 Å². The maximum atomic E-state index is 12.2. The minimum absolute atomic E-state index is 0.306. The van der Waals surface area contributed by atoms with Crippen molar-refractivity contribution in [2.24, 2.45) is 0 Å². The van der Waals surface area contributed by atoms with Gasteiger partial charge in [0, 0.05) is 22.3 Å². The molecular weight excluding hydrogens is 327 g/mol. The summed E-state index contributed by atoms with van der Waals surface area (Å²) in [7, 11) is 0. The molecule has 1 atom stereocenters. The van der Waals surface area contributed by atoms with Crippen molar-refractivity contribution < 1.29 is 9.90 Å². The Morgan fingerprint density at radius 2 is 1.91 bits per heavy atom. The summed E-state index contributed by atoms with van der Waals surface area (Å²) in [5.41, 5.74) is 0.888. The maximum Gasteiger partial charge on any atom is 0.258 e. The maximum absolute atomic E-state index is 12.2. The van der Waals surface area contributed by atoms with E-state index in [0.29, 0.717) is 27.1 Å². The summed E-state index contributed by atoms with van der Waals surface area (Å²) >= 11 is 11.7. The molecule has 0 spiro atoms. The van der Waals surface area contributed by atoms with E-state index in [2.05, 4.69) is 15.4 Å². The second-order valence-electron chi connectivity index (χ2n) is 4.53. The molecule has 0 aliphatic heterocycles. The topological polar surface area (TPSA) is 79.5 Å². The normalized spacial score (nSPS) is 12.3. The van der Waals surface area contributed by atoms with E-state index >= 15 is 0 Å². The fourth-order valence-corrected chi connectivity index (χ4v) is 2.55. The van der Waals surface area contributed by atoms with E-state index in [-0.39, 0.29) is 0 Å². The summed E-state index contributed by atoms with van der Waals surface area (Å²) in [4.78, 5) is 16.3. The number of nitrogens with one attached hydrogen (secondary N) is 1. The summed E-state index contributed by atoms with van der Waals surface area (Å²) in [6.07, 6.45) is 1.69. The van der Waals surface area contributed by atoms with Crippen molar-refractivity contribution in [2.75, 3.05) is 5.32 Å². The average molecular weight is 337 g/mol. The van der Waals surface area contributed by atoms with Crippen LogP contribution in [0.1, 0.15) is 11.7 Å². The lowest BCUT2D eigenvalue weighted by Gasteiger charge is -2.13. The number of aliphatic hydroxyl groups is 1. The number of amides is 1. The molecule has 0 aliphatic rings. The van der Waals surface area contributed by atoms with Gasteiger partial charge in [0.2, 0.25) is 0 Å². The van der Waals surface area contributed by atoms with Gasteiger partial charge in [-0.1, -0.05) is 23.2 Å². The molecule has 1 unspecified atom stereocenters. The molecule has 2 aromatic heterocycles. The fraction of sp³-hybridized carbons (Fsp3) is 0.0714. The van der Waals surface area contributed by atoms with Gasteiger partial charge in [0.15, 0.2) is 11.8 Å². The smallest absolute Gasteiger partial charge is 0.258 e. The Morgan fingerprint density at radius 1 is 1.18 bits per heavy atom. The second-order valence-corrected chi connectivity index (χ2v) is 5.40. The van der Waals surface area contributed by atoms with Gasteiger partial charge in [0.1, 0.15) is 5.82 Å². The number of carbonyl (C=O) groups is 1. The molecule has 0 aliphatic carbocycles. The number of anilines is 1. The minimum atomic E-state index is -1.41. The van der Waals surface area contributed by atoms with Crippen molar-refractivity contribution in [1.29, 1.82) is 0 Å². The van der Waals surface area contributed by atoms with Gasteiger partial charge in [0.25, 0.3) is 5.91 Å². The molecule has 2 heterocycles. The number of aromatic nitrogens is 3. The summed E-state index contributed by atoms with van der Waals surface area (Å²) in [5, 5.41) is 17.5. The van der Waals surface area contributed by atoms with Crippen LogP contribution >= 0.6 is 23.2 Å². The standard InChI is InChI=1S/C14H10Cl2N4O2/c15-9-5-8(6-10(16)7-9)13(21)14(22)19-12-1-3-17-11-2-4-18-20(11)12/h1-7,13,21H,(H,19,22). The van der Waals surface area contributed by atoms with Crippen LogP contribution in [0.25, 0.3) is 5.65 Å². The number of fused-ring (bicyclic) bond motifs is 1. The van der Waals surface area contributed by atoms with E-state index in [1.54, 1.807) is 18.3 Å². The zero-order valence-corrected chi connectivity index (χ0v) is 12.6. The predicted octanol–water partition coefficient (Wildman–Crippen LogP) is 2.71. The summed E-state index contributed by atoms with van der Waals surface area (Å²) in [5.74, 6) is -0.228. The third-order valence-electron chi connectivity index (χ3n) is 2.99.